The number of aromatic nitrogens is 2. The molecular formula is C17H14Cl2N4S. The molecule has 3 rings (SSSR count). The van der Waals surface area contributed by atoms with Gasteiger partial charge >= 0.3 is 0 Å². The molecule has 1 aromatic heterocycles. The maximum absolute atomic E-state index is 6.03. The fraction of sp³-hybridized carbons (Fsp3) is 0.0588. The number of halogens is 2. The molecule has 0 unspecified atom stereocenters. The summed E-state index contributed by atoms with van der Waals surface area (Å²) in [5.41, 5.74) is 2.76. The van der Waals surface area contributed by atoms with Gasteiger partial charge in [-0.3, -0.25) is 4.68 Å². The molecule has 0 spiro atoms. The Balaban J connectivity index is 1.60. The van der Waals surface area contributed by atoms with Crippen molar-refractivity contribution in [2.24, 2.45) is 0 Å². The highest BCUT2D eigenvalue weighted by atomic mass is 35.5. The van der Waals surface area contributed by atoms with E-state index in [9.17, 15) is 0 Å². The summed E-state index contributed by atoms with van der Waals surface area (Å²) in [5, 5.41) is 12.1. The van der Waals surface area contributed by atoms with Crippen molar-refractivity contribution in [1.29, 1.82) is 0 Å². The molecule has 0 aliphatic carbocycles. The summed E-state index contributed by atoms with van der Waals surface area (Å²) in [4.78, 5) is 0. The van der Waals surface area contributed by atoms with Crippen LogP contribution in [0.15, 0.2) is 60.9 Å². The van der Waals surface area contributed by atoms with E-state index in [0.717, 1.165) is 16.9 Å². The lowest BCUT2D eigenvalue weighted by Crippen LogP contribution is -2.18. The van der Waals surface area contributed by atoms with E-state index in [4.69, 9.17) is 35.4 Å². The number of rotatable bonds is 4. The van der Waals surface area contributed by atoms with Crippen molar-refractivity contribution in [2.45, 2.75) is 6.54 Å². The van der Waals surface area contributed by atoms with Gasteiger partial charge in [0.1, 0.15) is 0 Å². The monoisotopic (exact) mass is 376 g/mol. The zero-order chi connectivity index (χ0) is 16.9. The van der Waals surface area contributed by atoms with Gasteiger partial charge in [0, 0.05) is 11.9 Å². The van der Waals surface area contributed by atoms with Crippen LogP contribution in [0.5, 0.6) is 0 Å². The van der Waals surface area contributed by atoms with Crippen LogP contribution in [0.1, 0.15) is 5.56 Å². The van der Waals surface area contributed by atoms with E-state index in [1.807, 2.05) is 48.7 Å². The first-order valence-electron chi connectivity index (χ1n) is 7.19. The standard InChI is InChI=1S/C17H14Cl2N4S/c18-15-7-6-12(8-16(15)19)10-23-11-14(9-20-23)22-17(24)21-13-4-2-1-3-5-13/h1-9,11H,10H2,(H2,21,22,24). The Labute approximate surface area is 155 Å². The molecule has 2 N–H and O–H groups in total. The van der Waals surface area contributed by atoms with Crippen LogP contribution in [0.2, 0.25) is 10.0 Å². The Bertz CT molecular complexity index is 849. The van der Waals surface area contributed by atoms with Crippen LogP contribution < -0.4 is 10.6 Å². The molecule has 4 nitrogen and oxygen atoms in total. The second-order valence-electron chi connectivity index (χ2n) is 5.12. The molecule has 0 radical (unpaired) electrons. The molecular weight excluding hydrogens is 363 g/mol. The first-order chi connectivity index (χ1) is 11.6. The normalized spacial score (nSPS) is 10.4. The number of benzene rings is 2. The smallest absolute Gasteiger partial charge is 0.175 e. The van der Waals surface area contributed by atoms with Gasteiger partial charge in [-0.15, -0.1) is 0 Å². The summed E-state index contributed by atoms with van der Waals surface area (Å²) < 4.78 is 1.80. The van der Waals surface area contributed by atoms with Crippen LogP contribution in [0.3, 0.4) is 0 Å². The molecule has 2 aromatic carbocycles. The average Bonchev–Trinajstić information content (AvgIpc) is 2.98. The molecule has 0 aliphatic rings. The van der Waals surface area contributed by atoms with E-state index in [1.165, 1.54) is 0 Å². The third-order valence-electron chi connectivity index (χ3n) is 3.25. The maximum atomic E-state index is 6.03. The summed E-state index contributed by atoms with van der Waals surface area (Å²) >= 11 is 17.3. The average molecular weight is 377 g/mol. The Hall–Kier alpha value is -2.08. The van der Waals surface area contributed by atoms with Crippen molar-refractivity contribution < 1.29 is 0 Å². The first-order valence-corrected chi connectivity index (χ1v) is 8.36. The van der Waals surface area contributed by atoms with Crippen LogP contribution in [0.25, 0.3) is 0 Å². The lowest BCUT2D eigenvalue weighted by molar-refractivity contribution is 0.687. The van der Waals surface area contributed by atoms with Crippen molar-refractivity contribution in [3.8, 4) is 0 Å². The van der Waals surface area contributed by atoms with Crippen molar-refractivity contribution in [1.82, 2.24) is 9.78 Å². The highest BCUT2D eigenvalue weighted by Crippen LogP contribution is 2.23. The summed E-state index contributed by atoms with van der Waals surface area (Å²) in [6.07, 6.45) is 3.60. The summed E-state index contributed by atoms with van der Waals surface area (Å²) in [7, 11) is 0. The topological polar surface area (TPSA) is 41.9 Å². The van der Waals surface area contributed by atoms with Gasteiger partial charge in [-0.2, -0.15) is 5.10 Å². The van der Waals surface area contributed by atoms with E-state index in [-0.39, 0.29) is 0 Å². The molecule has 122 valence electrons. The molecule has 1 heterocycles. The van der Waals surface area contributed by atoms with Gasteiger partial charge in [0.25, 0.3) is 0 Å². The molecule has 0 bridgehead atoms. The van der Waals surface area contributed by atoms with Gasteiger partial charge in [-0.1, -0.05) is 47.5 Å². The highest BCUT2D eigenvalue weighted by Gasteiger charge is 2.04. The molecule has 0 aliphatic heterocycles. The van der Waals surface area contributed by atoms with Gasteiger partial charge in [0.15, 0.2) is 5.11 Å². The molecule has 0 amide bonds. The predicted molar refractivity (Wildman–Crippen MR) is 104 cm³/mol. The van der Waals surface area contributed by atoms with Crippen molar-refractivity contribution in [3.05, 3.63) is 76.5 Å². The lowest BCUT2D eigenvalue weighted by atomic mass is 10.2. The Morgan fingerprint density at radius 3 is 2.50 bits per heavy atom. The van der Waals surface area contributed by atoms with Gasteiger partial charge in [0.2, 0.25) is 0 Å². The molecule has 24 heavy (non-hydrogen) atoms. The van der Waals surface area contributed by atoms with Crippen molar-refractivity contribution in [3.63, 3.8) is 0 Å². The van der Waals surface area contributed by atoms with E-state index >= 15 is 0 Å². The van der Waals surface area contributed by atoms with Crippen molar-refractivity contribution in [2.75, 3.05) is 10.6 Å². The maximum Gasteiger partial charge on any atom is 0.175 e. The third kappa shape index (κ3) is 4.47. The molecule has 0 atom stereocenters. The van der Waals surface area contributed by atoms with Crippen LogP contribution in [-0.2, 0) is 6.54 Å². The lowest BCUT2D eigenvalue weighted by Gasteiger charge is -2.08. The van der Waals surface area contributed by atoms with Gasteiger partial charge < -0.3 is 10.6 Å². The summed E-state index contributed by atoms with van der Waals surface area (Å²) in [6, 6.07) is 15.3. The Morgan fingerprint density at radius 2 is 1.75 bits per heavy atom. The van der Waals surface area contributed by atoms with Crippen LogP contribution in [-0.4, -0.2) is 14.9 Å². The Kier molecular flexibility index (Phi) is 5.35. The minimum atomic E-state index is 0.510. The SMILES string of the molecule is S=C(Nc1ccccc1)Nc1cnn(Cc2ccc(Cl)c(Cl)c2)c1. The van der Waals surface area contributed by atoms with Crippen LogP contribution >= 0.6 is 35.4 Å². The zero-order valence-electron chi connectivity index (χ0n) is 12.5. The van der Waals surface area contributed by atoms with Crippen molar-refractivity contribution >= 4 is 51.9 Å². The van der Waals surface area contributed by atoms with Gasteiger partial charge in [0.05, 0.1) is 28.5 Å². The minimum absolute atomic E-state index is 0.510. The molecule has 3 aromatic rings. The number of nitrogens with zero attached hydrogens (tertiary/aromatic N) is 2. The number of anilines is 2. The quantitative estimate of drug-likeness (QED) is 0.625. The van der Waals surface area contributed by atoms with Gasteiger partial charge in [-0.05, 0) is 42.0 Å². The van der Waals surface area contributed by atoms with E-state index in [0.29, 0.717) is 21.7 Å². The highest BCUT2D eigenvalue weighted by molar-refractivity contribution is 7.80. The number of hydrogen-bond acceptors (Lipinski definition) is 2. The molecule has 0 saturated heterocycles. The minimum Gasteiger partial charge on any atom is -0.332 e. The zero-order valence-corrected chi connectivity index (χ0v) is 14.9. The fourth-order valence-corrected chi connectivity index (χ4v) is 2.71. The Morgan fingerprint density at radius 1 is 1.00 bits per heavy atom. The van der Waals surface area contributed by atoms with Crippen LogP contribution in [0, 0.1) is 0 Å². The van der Waals surface area contributed by atoms with E-state index in [1.54, 1.807) is 16.9 Å². The van der Waals surface area contributed by atoms with E-state index < -0.39 is 0 Å². The number of thiocarbonyl (C=S) groups is 1. The molecule has 0 fully saturated rings. The predicted octanol–water partition coefficient (Wildman–Crippen LogP) is 5.05. The summed E-state index contributed by atoms with van der Waals surface area (Å²) in [6.45, 7) is 0.595. The number of para-hydroxylation sites is 1. The number of nitrogens with one attached hydrogen (secondary N) is 2. The third-order valence-corrected chi connectivity index (χ3v) is 4.19. The summed E-state index contributed by atoms with van der Waals surface area (Å²) in [5.74, 6) is 0. The van der Waals surface area contributed by atoms with E-state index in [2.05, 4.69) is 15.7 Å². The second-order valence-corrected chi connectivity index (χ2v) is 6.34. The molecule has 0 saturated carbocycles. The first kappa shape index (κ1) is 16.8. The number of hydrogen-bond donors (Lipinski definition) is 2. The second kappa shape index (κ2) is 7.66. The fourth-order valence-electron chi connectivity index (χ4n) is 2.15. The molecule has 7 heteroatoms. The van der Waals surface area contributed by atoms with Gasteiger partial charge in [-0.25, -0.2) is 0 Å². The van der Waals surface area contributed by atoms with Crippen LogP contribution in [0.4, 0.5) is 11.4 Å². The largest absolute Gasteiger partial charge is 0.332 e.